The topological polar surface area (TPSA) is 23.8 Å². The van der Waals surface area contributed by atoms with Crippen LogP contribution in [-0.2, 0) is 5.75 Å². The van der Waals surface area contributed by atoms with Gasteiger partial charge < -0.3 is 0 Å². The van der Waals surface area contributed by atoms with Crippen LogP contribution in [0.25, 0.3) is 0 Å². The lowest BCUT2D eigenvalue weighted by atomic mass is 10.2. The van der Waals surface area contributed by atoms with Crippen molar-refractivity contribution in [2.45, 2.75) is 10.6 Å². The summed E-state index contributed by atoms with van der Waals surface area (Å²) in [6.07, 6.45) is 0. The van der Waals surface area contributed by atoms with Crippen molar-refractivity contribution in [3.63, 3.8) is 0 Å². The molecule has 0 atom stereocenters. The number of hydrogen-bond donors (Lipinski definition) is 0. The molecule has 4 heteroatoms. The molecule has 0 aromatic heterocycles. The van der Waals surface area contributed by atoms with Crippen molar-refractivity contribution in [1.82, 2.24) is 0 Å². The van der Waals surface area contributed by atoms with Crippen molar-refractivity contribution in [2.24, 2.45) is 0 Å². The van der Waals surface area contributed by atoms with Crippen LogP contribution in [0.15, 0.2) is 47.4 Å². The Labute approximate surface area is 114 Å². The lowest BCUT2D eigenvalue weighted by Crippen LogP contribution is -1.88. The molecule has 2 rings (SSSR count). The minimum absolute atomic E-state index is 0.0922. The molecule has 0 radical (unpaired) electrons. The Morgan fingerprint density at radius 3 is 2.67 bits per heavy atom. The first-order valence-electron chi connectivity index (χ1n) is 5.27. The first-order valence-corrected chi connectivity index (χ1v) is 6.63. The van der Waals surface area contributed by atoms with E-state index in [1.807, 2.05) is 30.3 Å². The molecule has 2 aromatic carbocycles. The van der Waals surface area contributed by atoms with Gasteiger partial charge in [0.2, 0.25) is 0 Å². The second-order valence-electron chi connectivity index (χ2n) is 3.60. The Balaban J connectivity index is 2.19. The summed E-state index contributed by atoms with van der Waals surface area (Å²) in [5, 5.41) is 9.60. The molecule has 2 aromatic rings. The highest BCUT2D eigenvalue weighted by Gasteiger charge is 2.09. The molecule has 1 nitrogen and oxygen atoms in total. The highest BCUT2D eigenvalue weighted by molar-refractivity contribution is 7.98. The Morgan fingerprint density at radius 2 is 1.94 bits per heavy atom. The standard InChI is InChI=1S/C14H9ClFNS/c15-12-5-2-1-4-10(12)9-18-14-7-3-6-13(16)11(14)8-17/h1-7H,9H2. The zero-order chi connectivity index (χ0) is 13.0. The Bertz CT molecular complexity index is 607. The van der Waals surface area contributed by atoms with Crippen LogP contribution < -0.4 is 0 Å². The summed E-state index contributed by atoms with van der Waals surface area (Å²) in [6.45, 7) is 0. The fourth-order valence-corrected chi connectivity index (χ4v) is 2.81. The summed E-state index contributed by atoms with van der Waals surface area (Å²) in [6, 6.07) is 14.0. The first kappa shape index (κ1) is 12.9. The third-order valence-electron chi connectivity index (χ3n) is 2.43. The van der Waals surface area contributed by atoms with Crippen molar-refractivity contribution in [3.05, 3.63) is 64.4 Å². The van der Waals surface area contributed by atoms with E-state index in [-0.39, 0.29) is 5.56 Å². The highest BCUT2D eigenvalue weighted by Crippen LogP contribution is 2.29. The van der Waals surface area contributed by atoms with Gasteiger partial charge in [-0.3, -0.25) is 0 Å². The average molecular weight is 278 g/mol. The van der Waals surface area contributed by atoms with E-state index in [0.29, 0.717) is 15.7 Å². The third kappa shape index (κ3) is 2.84. The van der Waals surface area contributed by atoms with E-state index in [1.54, 1.807) is 12.1 Å². The number of benzene rings is 2. The molecule has 18 heavy (non-hydrogen) atoms. The van der Waals surface area contributed by atoms with Gasteiger partial charge in [0, 0.05) is 15.7 Å². The van der Waals surface area contributed by atoms with Crippen LogP contribution in [0.5, 0.6) is 0 Å². The number of nitriles is 1. The van der Waals surface area contributed by atoms with Gasteiger partial charge in [0.15, 0.2) is 0 Å². The highest BCUT2D eigenvalue weighted by atomic mass is 35.5. The lowest BCUT2D eigenvalue weighted by molar-refractivity contribution is 0.620. The number of rotatable bonds is 3. The van der Waals surface area contributed by atoms with E-state index < -0.39 is 5.82 Å². The second kappa shape index (κ2) is 5.90. The molecule has 0 fully saturated rings. The van der Waals surface area contributed by atoms with Crippen LogP contribution in [0, 0.1) is 17.1 Å². The van der Waals surface area contributed by atoms with Crippen LogP contribution >= 0.6 is 23.4 Å². The molecule has 0 aliphatic heterocycles. The van der Waals surface area contributed by atoms with Crippen LogP contribution in [0.2, 0.25) is 5.02 Å². The molecule has 0 unspecified atom stereocenters. The van der Waals surface area contributed by atoms with Crippen molar-refractivity contribution in [1.29, 1.82) is 5.26 Å². The van der Waals surface area contributed by atoms with Gasteiger partial charge in [-0.25, -0.2) is 4.39 Å². The molecular formula is C14H9ClFNS. The zero-order valence-electron chi connectivity index (χ0n) is 9.36. The van der Waals surface area contributed by atoms with Crippen LogP contribution in [-0.4, -0.2) is 0 Å². The second-order valence-corrected chi connectivity index (χ2v) is 5.03. The summed E-state index contributed by atoms with van der Waals surface area (Å²) in [4.78, 5) is 0.636. The third-order valence-corrected chi connectivity index (χ3v) is 3.90. The molecule has 0 bridgehead atoms. The molecule has 0 spiro atoms. The summed E-state index contributed by atoms with van der Waals surface area (Å²) >= 11 is 7.45. The predicted molar refractivity (Wildman–Crippen MR) is 72.1 cm³/mol. The molecule has 0 heterocycles. The minimum Gasteiger partial charge on any atom is -0.206 e. The lowest BCUT2D eigenvalue weighted by Gasteiger charge is -2.06. The van der Waals surface area contributed by atoms with Crippen molar-refractivity contribution >= 4 is 23.4 Å². The quantitative estimate of drug-likeness (QED) is 0.763. The van der Waals surface area contributed by atoms with E-state index in [2.05, 4.69) is 0 Å². The Kier molecular flexibility index (Phi) is 4.24. The van der Waals surface area contributed by atoms with E-state index in [1.165, 1.54) is 17.8 Å². The van der Waals surface area contributed by atoms with Gasteiger partial charge >= 0.3 is 0 Å². The summed E-state index contributed by atoms with van der Waals surface area (Å²) < 4.78 is 13.4. The molecule has 0 aliphatic rings. The largest absolute Gasteiger partial charge is 0.206 e. The molecule has 0 aliphatic carbocycles. The molecule has 0 N–H and O–H groups in total. The minimum atomic E-state index is -0.485. The molecule has 0 saturated carbocycles. The van der Waals surface area contributed by atoms with Gasteiger partial charge in [0.25, 0.3) is 0 Å². The fraction of sp³-hybridized carbons (Fsp3) is 0.0714. The van der Waals surface area contributed by atoms with E-state index in [9.17, 15) is 4.39 Å². The summed E-state index contributed by atoms with van der Waals surface area (Å²) in [7, 11) is 0. The van der Waals surface area contributed by atoms with Gasteiger partial charge in [0.05, 0.1) is 0 Å². The monoisotopic (exact) mass is 277 g/mol. The normalized spacial score (nSPS) is 10.1. The van der Waals surface area contributed by atoms with Gasteiger partial charge in [-0.05, 0) is 23.8 Å². The smallest absolute Gasteiger partial charge is 0.142 e. The molecular weight excluding hydrogens is 269 g/mol. The SMILES string of the molecule is N#Cc1c(F)cccc1SCc1ccccc1Cl. The van der Waals surface area contributed by atoms with E-state index >= 15 is 0 Å². The van der Waals surface area contributed by atoms with Gasteiger partial charge in [-0.1, -0.05) is 35.9 Å². The average Bonchev–Trinajstić information content (AvgIpc) is 2.38. The van der Waals surface area contributed by atoms with Crippen LogP contribution in [0.4, 0.5) is 4.39 Å². The number of hydrogen-bond acceptors (Lipinski definition) is 2. The number of nitrogens with zero attached hydrogens (tertiary/aromatic N) is 1. The predicted octanol–water partition coefficient (Wildman–Crippen LogP) is 4.64. The van der Waals surface area contributed by atoms with Crippen LogP contribution in [0.3, 0.4) is 0 Å². The number of thioether (sulfide) groups is 1. The Morgan fingerprint density at radius 1 is 1.17 bits per heavy atom. The summed E-state index contributed by atoms with van der Waals surface area (Å²) in [5.41, 5.74) is 1.06. The maximum atomic E-state index is 13.4. The van der Waals surface area contributed by atoms with Gasteiger partial charge in [-0.15, -0.1) is 11.8 Å². The van der Waals surface area contributed by atoms with E-state index in [0.717, 1.165) is 5.56 Å². The summed E-state index contributed by atoms with van der Waals surface area (Å²) in [5.74, 6) is 0.124. The van der Waals surface area contributed by atoms with Crippen LogP contribution in [0.1, 0.15) is 11.1 Å². The van der Waals surface area contributed by atoms with Gasteiger partial charge in [0.1, 0.15) is 17.4 Å². The van der Waals surface area contributed by atoms with Gasteiger partial charge in [-0.2, -0.15) is 5.26 Å². The molecule has 0 amide bonds. The first-order chi connectivity index (χ1) is 8.72. The maximum Gasteiger partial charge on any atom is 0.142 e. The number of halogens is 2. The van der Waals surface area contributed by atoms with Crippen molar-refractivity contribution in [2.75, 3.05) is 0 Å². The van der Waals surface area contributed by atoms with Crippen molar-refractivity contribution < 1.29 is 4.39 Å². The maximum absolute atomic E-state index is 13.4. The zero-order valence-corrected chi connectivity index (χ0v) is 10.9. The van der Waals surface area contributed by atoms with Crippen molar-refractivity contribution in [3.8, 4) is 6.07 Å². The Hall–Kier alpha value is -1.50. The molecule has 0 saturated heterocycles. The fourth-order valence-electron chi connectivity index (χ4n) is 1.50. The molecule has 90 valence electrons. The van der Waals surface area contributed by atoms with E-state index in [4.69, 9.17) is 16.9 Å².